The molecule has 2 heterocycles. The van der Waals surface area contributed by atoms with Crippen LogP contribution in [0.4, 0.5) is 5.69 Å². The van der Waals surface area contributed by atoms with Crippen LogP contribution in [0.15, 0.2) is 94.2 Å². The summed E-state index contributed by atoms with van der Waals surface area (Å²) in [7, 11) is 1.96. The zero-order chi connectivity index (χ0) is 24.7. The molecule has 0 spiro atoms. The second kappa shape index (κ2) is 11.5. The van der Waals surface area contributed by atoms with E-state index in [1.807, 2.05) is 19.2 Å². The van der Waals surface area contributed by atoms with E-state index in [0.29, 0.717) is 17.5 Å². The lowest BCUT2D eigenvalue weighted by atomic mass is 9.99. The van der Waals surface area contributed by atoms with Crippen molar-refractivity contribution in [2.24, 2.45) is 5.92 Å². The minimum Gasteiger partial charge on any atom is -0.423 e. The van der Waals surface area contributed by atoms with Crippen molar-refractivity contribution in [3.8, 4) is 11.1 Å². The first kappa shape index (κ1) is 24.3. The standard InChI is InChI=1S/C31H35N3O2/c1-32-22-24-9-5-11-25(19-24)26-12-13-30-28(20-26)29(21-31(35)36-30)33-27-14-17-34(18-15-27)16-6-10-23-7-3-2-4-8-23/h2-7,9-13,19-21,23,27,32-33H,8,14-18,22H2,1H3/b10-6+. The highest BCUT2D eigenvalue weighted by Gasteiger charge is 2.20. The average molecular weight is 482 g/mol. The van der Waals surface area contributed by atoms with Gasteiger partial charge in [0, 0.05) is 43.7 Å². The van der Waals surface area contributed by atoms with Gasteiger partial charge in [-0.25, -0.2) is 4.79 Å². The molecular formula is C31H35N3O2. The molecule has 1 saturated heterocycles. The van der Waals surface area contributed by atoms with E-state index in [4.69, 9.17) is 4.42 Å². The molecule has 2 aliphatic rings. The van der Waals surface area contributed by atoms with Gasteiger partial charge in [0.05, 0.1) is 5.69 Å². The van der Waals surface area contributed by atoms with Gasteiger partial charge in [0.2, 0.25) is 0 Å². The summed E-state index contributed by atoms with van der Waals surface area (Å²) in [5.41, 5.74) is 4.68. The monoisotopic (exact) mass is 481 g/mol. The van der Waals surface area contributed by atoms with E-state index in [-0.39, 0.29) is 5.63 Å². The third-order valence-electron chi connectivity index (χ3n) is 7.09. The van der Waals surface area contributed by atoms with Crippen LogP contribution in [0.2, 0.25) is 0 Å². The van der Waals surface area contributed by atoms with Crippen molar-refractivity contribution in [1.29, 1.82) is 0 Å². The fourth-order valence-electron chi connectivity index (χ4n) is 5.13. The second-order valence-corrected chi connectivity index (χ2v) is 9.78. The molecule has 1 aromatic heterocycles. The van der Waals surface area contributed by atoms with Crippen LogP contribution in [0.1, 0.15) is 24.8 Å². The number of anilines is 1. The molecule has 36 heavy (non-hydrogen) atoms. The van der Waals surface area contributed by atoms with Crippen molar-refractivity contribution in [2.45, 2.75) is 31.8 Å². The lowest BCUT2D eigenvalue weighted by Gasteiger charge is -2.32. The Morgan fingerprint density at radius 2 is 1.92 bits per heavy atom. The van der Waals surface area contributed by atoms with Crippen LogP contribution in [0.3, 0.4) is 0 Å². The third kappa shape index (κ3) is 6.04. The summed E-state index contributed by atoms with van der Waals surface area (Å²) in [6.45, 7) is 3.91. The maximum atomic E-state index is 12.3. The molecule has 1 fully saturated rings. The molecule has 3 aromatic rings. The normalized spacial score (nSPS) is 18.9. The number of allylic oxidation sites excluding steroid dienone is 5. The Morgan fingerprint density at radius 3 is 2.72 bits per heavy atom. The van der Waals surface area contributed by atoms with Gasteiger partial charge in [-0.2, -0.15) is 0 Å². The van der Waals surface area contributed by atoms with Crippen LogP contribution in [-0.4, -0.2) is 37.6 Å². The van der Waals surface area contributed by atoms with Crippen LogP contribution in [0.25, 0.3) is 22.1 Å². The Labute approximate surface area is 213 Å². The molecule has 5 rings (SSSR count). The van der Waals surface area contributed by atoms with E-state index in [2.05, 4.69) is 82.3 Å². The van der Waals surface area contributed by atoms with E-state index < -0.39 is 0 Å². The smallest absolute Gasteiger partial charge is 0.338 e. The molecule has 1 unspecified atom stereocenters. The predicted molar refractivity (Wildman–Crippen MR) is 149 cm³/mol. The number of nitrogens with one attached hydrogen (secondary N) is 2. The molecule has 5 heteroatoms. The number of piperidine rings is 1. The topological polar surface area (TPSA) is 57.5 Å². The molecule has 186 valence electrons. The number of hydrogen-bond acceptors (Lipinski definition) is 5. The van der Waals surface area contributed by atoms with Gasteiger partial charge < -0.3 is 15.1 Å². The van der Waals surface area contributed by atoms with Crippen molar-refractivity contribution in [3.05, 3.63) is 101 Å². The molecule has 0 saturated carbocycles. The van der Waals surface area contributed by atoms with Crippen molar-refractivity contribution in [2.75, 3.05) is 32.0 Å². The molecular weight excluding hydrogens is 446 g/mol. The van der Waals surface area contributed by atoms with Crippen LogP contribution >= 0.6 is 0 Å². The maximum absolute atomic E-state index is 12.3. The van der Waals surface area contributed by atoms with Gasteiger partial charge in [-0.3, -0.25) is 4.90 Å². The second-order valence-electron chi connectivity index (χ2n) is 9.78. The first-order chi connectivity index (χ1) is 17.7. The first-order valence-electron chi connectivity index (χ1n) is 13.0. The Hall–Kier alpha value is -3.41. The highest BCUT2D eigenvalue weighted by atomic mass is 16.4. The molecule has 1 aliphatic carbocycles. The van der Waals surface area contributed by atoms with E-state index >= 15 is 0 Å². The minimum absolute atomic E-state index is 0.317. The number of likely N-dealkylation sites (tertiary alicyclic amines) is 1. The van der Waals surface area contributed by atoms with Gasteiger partial charge in [0.15, 0.2) is 0 Å². The van der Waals surface area contributed by atoms with E-state index in [9.17, 15) is 4.79 Å². The Morgan fingerprint density at radius 1 is 1.06 bits per heavy atom. The fraction of sp³-hybridized carbons (Fsp3) is 0.323. The molecule has 1 aliphatic heterocycles. The highest BCUT2D eigenvalue weighted by Crippen LogP contribution is 2.30. The van der Waals surface area contributed by atoms with Gasteiger partial charge in [0.25, 0.3) is 0 Å². The SMILES string of the molecule is CNCc1cccc(-c2ccc3oc(=O)cc(NC4CCN(C/C=C/C5C=CC=CC5)CC4)c3c2)c1. The van der Waals surface area contributed by atoms with E-state index in [1.165, 1.54) is 5.56 Å². The van der Waals surface area contributed by atoms with Gasteiger partial charge in [-0.15, -0.1) is 0 Å². The van der Waals surface area contributed by atoms with Crippen molar-refractivity contribution in [1.82, 2.24) is 10.2 Å². The lowest BCUT2D eigenvalue weighted by Crippen LogP contribution is -2.39. The van der Waals surface area contributed by atoms with Crippen LogP contribution < -0.4 is 16.3 Å². The summed E-state index contributed by atoms with van der Waals surface area (Å²) < 4.78 is 5.53. The quantitative estimate of drug-likeness (QED) is 0.317. The van der Waals surface area contributed by atoms with Crippen molar-refractivity contribution in [3.63, 3.8) is 0 Å². The van der Waals surface area contributed by atoms with Crippen molar-refractivity contribution < 1.29 is 4.42 Å². The molecule has 2 aromatic carbocycles. The van der Waals surface area contributed by atoms with Crippen LogP contribution in [-0.2, 0) is 6.54 Å². The van der Waals surface area contributed by atoms with Gasteiger partial charge in [-0.05, 0) is 67.1 Å². The summed E-state index contributed by atoms with van der Waals surface area (Å²) >= 11 is 0. The Kier molecular flexibility index (Phi) is 7.79. The summed E-state index contributed by atoms with van der Waals surface area (Å²) in [5, 5.41) is 7.83. The zero-order valence-electron chi connectivity index (χ0n) is 21.0. The Bertz CT molecular complexity index is 1330. The predicted octanol–water partition coefficient (Wildman–Crippen LogP) is 5.74. The molecule has 5 nitrogen and oxygen atoms in total. The first-order valence-corrected chi connectivity index (χ1v) is 13.0. The summed E-state index contributed by atoms with van der Waals surface area (Å²) in [6, 6.07) is 16.5. The van der Waals surface area contributed by atoms with E-state index in [1.54, 1.807) is 6.07 Å². The fourth-order valence-corrected chi connectivity index (χ4v) is 5.13. The minimum atomic E-state index is -0.317. The zero-order valence-corrected chi connectivity index (χ0v) is 21.0. The third-order valence-corrected chi connectivity index (χ3v) is 7.09. The molecule has 0 bridgehead atoms. The number of rotatable bonds is 8. The van der Waals surface area contributed by atoms with Gasteiger partial charge >= 0.3 is 5.63 Å². The van der Waals surface area contributed by atoms with Crippen LogP contribution in [0, 0.1) is 5.92 Å². The summed E-state index contributed by atoms with van der Waals surface area (Å²) in [5.74, 6) is 0.531. The summed E-state index contributed by atoms with van der Waals surface area (Å²) in [4.78, 5) is 14.8. The van der Waals surface area contributed by atoms with E-state index in [0.717, 1.165) is 67.6 Å². The average Bonchev–Trinajstić information content (AvgIpc) is 2.90. The largest absolute Gasteiger partial charge is 0.423 e. The molecule has 2 N–H and O–H groups in total. The number of nitrogens with zero attached hydrogens (tertiary/aromatic N) is 1. The lowest BCUT2D eigenvalue weighted by molar-refractivity contribution is 0.240. The highest BCUT2D eigenvalue weighted by molar-refractivity contribution is 5.93. The number of fused-ring (bicyclic) bond motifs is 1. The van der Waals surface area contributed by atoms with Crippen molar-refractivity contribution >= 4 is 16.7 Å². The Balaban J connectivity index is 1.26. The molecule has 0 amide bonds. The molecule has 0 radical (unpaired) electrons. The van der Waals surface area contributed by atoms with Gasteiger partial charge in [-0.1, -0.05) is 60.7 Å². The van der Waals surface area contributed by atoms with Gasteiger partial charge in [0.1, 0.15) is 5.58 Å². The number of hydrogen-bond donors (Lipinski definition) is 2. The summed E-state index contributed by atoms with van der Waals surface area (Å²) in [6.07, 6.45) is 16.6. The maximum Gasteiger partial charge on any atom is 0.338 e. The molecule has 1 atom stereocenters. The number of benzene rings is 2. The van der Waals surface area contributed by atoms with Crippen LogP contribution in [0.5, 0.6) is 0 Å².